The van der Waals surface area contributed by atoms with Crippen LogP contribution in [0.15, 0.2) is 12.4 Å². The number of esters is 1. The summed E-state index contributed by atoms with van der Waals surface area (Å²) in [5, 5.41) is 3.56. The van der Waals surface area contributed by atoms with Crippen molar-refractivity contribution in [3.8, 4) is 0 Å². The summed E-state index contributed by atoms with van der Waals surface area (Å²) in [5.74, 6) is -0.101. The Morgan fingerprint density at radius 2 is 2.25 bits per heavy atom. The quantitative estimate of drug-likeness (QED) is 0.647. The molecule has 2 aromatic heterocycles. The van der Waals surface area contributed by atoms with Gasteiger partial charge in [0.1, 0.15) is 10.7 Å². The van der Waals surface area contributed by atoms with Gasteiger partial charge in [0.25, 0.3) is 0 Å². The van der Waals surface area contributed by atoms with E-state index in [9.17, 15) is 9.59 Å². The Balaban J connectivity index is 2.25. The van der Waals surface area contributed by atoms with Crippen LogP contribution >= 0.6 is 11.3 Å². The molecule has 2 rings (SSSR count). The zero-order chi connectivity index (χ0) is 14.7. The van der Waals surface area contributed by atoms with Crippen molar-refractivity contribution in [3.05, 3.63) is 28.8 Å². The van der Waals surface area contributed by atoms with Gasteiger partial charge < -0.3 is 15.0 Å². The fourth-order valence-electron chi connectivity index (χ4n) is 1.62. The lowest BCUT2D eigenvalue weighted by atomic mass is 10.3. The molecule has 1 atom stereocenters. The maximum Gasteiger partial charge on any atom is 0.358 e. The number of rotatable bonds is 5. The minimum Gasteiger partial charge on any atom is -0.464 e. The van der Waals surface area contributed by atoms with Crippen molar-refractivity contribution in [3.63, 3.8) is 0 Å². The second-order valence-electron chi connectivity index (χ2n) is 4.08. The van der Waals surface area contributed by atoms with E-state index in [0.717, 1.165) is 17.2 Å². The molecule has 0 aliphatic carbocycles. The topological polar surface area (TPSA) is 97.0 Å². The first-order chi connectivity index (χ1) is 9.52. The van der Waals surface area contributed by atoms with Crippen LogP contribution in [0, 0.1) is 0 Å². The normalized spacial score (nSPS) is 11.9. The Bertz CT molecular complexity index is 621. The van der Waals surface area contributed by atoms with Crippen molar-refractivity contribution in [2.45, 2.75) is 19.9 Å². The average molecular weight is 294 g/mol. The van der Waals surface area contributed by atoms with Gasteiger partial charge in [0, 0.05) is 19.3 Å². The summed E-state index contributed by atoms with van der Waals surface area (Å²) in [7, 11) is 1.25. The SMILES string of the molecule is COC(=O)c1nc(NC(C)c2ncc[nH]2)sc1C(C)=O. The zero-order valence-corrected chi connectivity index (χ0v) is 12.1. The number of ether oxygens (including phenoxy) is 1. The van der Waals surface area contributed by atoms with Gasteiger partial charge >= 0.3 is 5.97 Å². The summed E-state index contributed by atoms with van der Waals surface area (Å²) in [6.07, 6.45) is 3.37. The lowest BCUT2D eigenvalue weighted by molar-refractivity contribution is 0.0591. The second-order valence-corrected chi connectivity index (χ2v) is 5.08. The van der Waals surface area contributed by atoms with Gasteiger partial charge in [-0.05, 0) is 6.92 Å². The Labute approximate surface area is 119 Å². The van der Waals surface area contributed by atoms with Crippen LogP contribution in [0.2, 0.25) is 0 Å². The highest BCUT2D eigenvalue weighted by Crippen LogP contribution is 2.26. The molecule has 0 spiro atoms. The molecule has 20 heavy (non-hydrogen) atoms. The molecule has 106 valence electrons. The van der Waals surface area contributed by atoms with Crippen LogP contribution in [0.5, 0.6) is 0 Å². The molecule has 0 aromatic carbocycles. The van der Waals surface area contributed by atoms with Gasteiger partial charge in [-0.15, -0.1) is 0 Å². The summed E-state index contributed by atoms with van der Waals surface area (Å²) in [5.41, 5.74) is 0.0409. The molecular weight excluding hydrogens is 280 g/mol. The third-order valence-corrected chi connectivity index (χ3v) is 3.68. The number of H-pyrrole nitrogens is 1. The number of Topliss-reactive ketones (excluding diaryl/α,β-unsaturated/α-hetero) is 1. The smallest absolute Gasteiger partial charge is 0.358 e. The standard InChI is InChI=1S/C12H14N4O3S/c1-6(10-13-4-5-14-10)15-12-16-8(11(18)19-3)9(20-12)7(2)17/h4-6H,1-3H3,(H,13,14)(H,15,16). The molecule has 2 aromatic rings. The summed E-state index contributed by atoms with van der Waals surface area (Å²) < 4.78 is 4.62. The molecule has 0 amide bonds. The van der Waals surface area contributed by atoms with E-state index in [1.165, 1.54) is 14.0 Å². The number of thiazole rings is 1. The van der Waals surface area contributed by atoms with E-state index in [1.54, 1.807) is 12.4 Å². The highest BCUT2D eigenvalue weighted by molar-refractivity contribution is 7.17. The van der Waals surface area contributed by atoms with Crippen molar-refractivity contribution >= 4 is 28.2 Å². The first-order valence-electron chi connectivity index (χ1n) is 5.88. The van der Waals surface area contributed by atoms with Crippen LogP contribution in [0.25, 0.3) is 0 Å². The second kappa shape index (κ2) is 5.83. The number of carbonyl (C=O) groups excluding carboxylic acids is 2. The number of ketones is 1. The molecule has 0 bridgehead atoms. The predicted molar refractivity (Wildman–Crippen MR) is 74.1 cm³/mol. The minimum absolute atomic E-state index is 0.0409. The van der Waals surface area contributed by atoms with Gasteiger partial charge in [-0.25, -0.2) is 14.8 Å². The van der Waals surface area contributed by atoms with Crippen LogP contribution in [-0.2, 0) is 4.74 Å². The van der Waals surface area contributed by atoms with Gasteiger partial charge in [-0.2, -0.15) is 0 Å². The van der Waals surface area contributed by atoms with Crippen LogP contribution in [0.1, 0.15) is 45.9 Å². The number of anilines is 1. The number of nitrogens with zero attached hydrogens (tertiary/aromatic N) is 2. The van der Waals surface area contributed by atoms with Gasteiger partial charge in [0.2, 0.25) is 0 Å². The molecule has 0 aliphatic heterocycles. The van der Waals surface area contributed by atoms with Crippen LogP contribution in [0.3, 0.4) is 0 Å². The highest BCUT2D eigenvalue weighted by atomic mass is 32.1. The highest BCUT2D eigenvalue weighted by Gasteiger charge is 2.22. The molecule has 0 saturated heterocycles. The van der Waals surface area contributed by atoms with Gasteiger partial charge in [-0.1, -0.05) is 11.3 Å². The molecular formula is C12H14N4O3S. The third-order valence-electron chi connectivity index (χ3n) is 2.60. The van der Waals surface area contributed by atoms with Crippen molar-refractivity contribution < 1.29 is 14.3 Å². The Kier molecular flexibility index (Phi) is 4.14. The summed E-state index contributed by atoms with van der Waals surface area (Å²) in [6.45, 7) is 3.28. The van der Waals surface area contributed by atoms with Crippen molar-refractivity contribution in [2.75, 3.05) is 12.4 Å². The van der Waals surface area contributed by atoms with E-state index in [2.05, 4.69) is 25.0 Å². The molecule has 0 fully saturated rings. The third kappa shape index (κ3) is 2.85. The van der Waals surface area contributed by atoms with Gasteiger partial charge in [-0.3, -0.25) is 4.79 Å². The van der Waals surface area contributed by atoms with Gasteiger partial charge in [0.15, 0.2) is 16.6 Å². The lowest BCUT2D eigenvalue weighted by Crippen LogP contribution is -2.09. The zero-order valence-electron chi connectivity index (χ0n) is 11.3. The van der Waals surface area contributed by atoms with Crippen LogP contribution in [0.4, 0.5) is 5.13 Å². The summed E-state index contributed by atoms with van der Waals surface area (Å²) in [4.78, 5) is 34.6. The van der Waals surface area contributed by atoms with Crippen LogP contribution in [-0.4, -0.2) is 33.8 Å². The van der Waals surface area contributed by atoms with E-state index >= 15 is 0 Å². The fraction of sp³-hybridized carbons (Fsp3) is 0.333. The van der Waals surface area contributed by atoms with E-state index < -0.39 is 5.97 Å². The first-order valence-corrected chi connectivity index (χ1v) is 6.70. The van der Waals surface area contributed by atoms with E-state index in [1.807, 2.05) is 6.92 Å². The molecule has 0 aliphatic rings. The first kappa shape index (κ1) is 14.2. The summed E-state index contributed by atoms with van der Waals surface area (Å²) >= 11 is 1.12. The largest absolute Gasteiger partial charge is 0.464 e. The molecule has 0 radical (unpaired) electrons. The van der Waals surface area contributed by atoms with E-state index in [4.69, 9.17) is 0 Å². The van der Waals surface area contributed by atoms with Gasteiger partial charge in [0.05, 0.1) is 13.2 Å². The number of aromatic nitrogens is 3. The number of hydrogen-bond donors (Lipinski definition) is 2. The average Bonchev–Trinajstić information content (AvgIpc) is 3.06. The number of imidazole rings is 1. The maximum absolute atomic E-state index is 11.6. The minimum atomic E-state index is -0.620. The number of nitrogens with one attached hydrogen (secondary N) is 2. The lowest BCUT2D eigenvalue weighted by Gasteiger charge is -2.09. The van der Waals surface area contributed by atoms with Crippen molar-refractivity contribution in [1.82, 2.24) is 15.0 Å². The number of methoxy groups -OCH3 is 1. The molecule has 1 unspecified atom stereocenters. The Hall–Kier alpha value is -2.22. The Morgan fingerprint density at radius 1 is 1.50 bits per heavy atom. The molecule has 2 N–H and O–H groups in total. The van der Waals surface area contributed by atoms with E-state index in [-0.39, 0.29) is 22.4 Å². The van der Waals surface area contributed by atoms with Crippen molar-refractivity contribution in [2.24, 2.45) is 0 Å². The van der Waals surface area contributed by atoms with Crippen LogP contribution < -0.4 is 5.32 Å². The number of carbonyl (C=O) groups is 2. The molecule has 0 saturated carbocycles. The summed E-state index contributed by atoms with van der Waals surface area (Å²) in [6, 6.07) is -0.124. The molecule has 8 heteroatoms. The van der Waals surface area contributed by atoms with E-state index in [0.29, 0.717) is 5.13 Å². The molecule has 2 heterocycles. The number of hydrogen-bond acceptors (Lipinski definition) is 7. The molecule has 7 nitrogen and oxygen atoms in total. The number of aromatic amines is 1. The fourth-order valence-corrected chi connectivity index (χ4v) is 2.56. The predicted octanol–water partition coefficient (Wildman–Crippen LogP) is 2.03. The Morgan fingerprint density at radius 3 is 2.80 bits per heavy atom. The van der Waals surface area contributed by atoms with Crippen molar-refractivity contribution in [1.29, 1.82) is 0 Å². The maximum atomic E-state index is 11.6. The monoisotopic (exact) mass is 294 g/mol.